The first-order chi connectivity index (χ1) is 18.8. The average molecular weight is 571 g/mol. The van der Waals surface area contributed by atoms with Gasteiger partial charge in [-0.2, -0.15) is 13.2 Å². The molecule has 1 heterocycles. The maximum Gasteiger partial charge on any atom is 0.416 e. The highest BCUT2D eigenvalue weighted by Crippen LogP contribution is 2.31. The summed E-state index contributed by atoms with van der Waals surface area (Å²) in [5.41, 5.74) is 1.42. The van der Waals surface area contributed by atoms with Gasteiger partial charge < -0.3 is 20.5 Å². The predicted octanol–water partition coefficient (Wildman–Crippen LogP) is 6.63. The Hall–Kier alpha value is -4.31. The zero-order valence-corrected chi connectivity index (χ0v) is 22.6. The van der Waals surface area contributed by atoms with Crippen LogP contribution < -0.4 is 16.0 Å². The van der Waals surface area contributed by atoms with E-state index < -0.39 is 23.6 Å². The lowest BCUT2D eigenvalue weighted by Crippen LogP contribution is -2.27. The zero-order valence-electron chi connectivity index (χ0n) is 21.8. The third-order valence-corrected chi connectivity index (χ3v) is 6.58. The number of nitrogens with one attached hydrogen (secondary N) is 3. The minimum atomic E-state index is -4.53. The Morgan fingerprint density at radius 1 is 0.900 bits per heavy atom. The lowest BCUT2D eigenvalue weighted by Gasteiger charge is -2.11. The topological polar surface area (TPSA) is 92.2 Å². The maximum atomic E-state index is 13.0. The van der Waals surface area contributed by atoms with E-state index in [1.54, 1.807) is 67.9 Å². The molecule has 0 saturated heterocycles. The van der Waals surface area contributed by atoms with Crippen LogP contribution in [-0.4, -0.2) is 22.3 Å². The number of hydrogen-bond acceptors (Lipinski definition) is 3. The first kappa shape index (κ1) is 28.7. The Morgan fingerprint density at radius 3 is 2.30 bits per heavy atom. The predicted molar refractivity (Wildman–Crippen MR) is 148 cm³/mol. The van der Waals surface area contributed by atoms with Crippen LogP contribution in [0.4, 0.5) is 24.5 Å². The Labute approximate surface area is 233 Å². The summed E-state index contributed by atoms with van der Waals surface area (Å²) in [5, 5.41) is 8.97. The van der Waals surface area contributed by atoms with Gasteiger partial charge in [-0.3, -0.25) is 14.4 Å². The molecule has 0 spiro atoms. The SMILES string of the molecule is CC(C)C(=O)NCc1ccc(Cl)c(C(=O)Nc2ccc3c(c2)cc(C(=O)Nc2cccc(C(F)(F)F)c2)n3C)c1. The summed E-state index contributed by atoms with van der Waals surface area (Å²) >= 11 is 6.27. The van der Waals surface area contributed by atoms with Crippen molar-refractivity contribution >= 4 is 51.6 Å². The van der Waals surface area contributed by atoms with Gasteiger partial charge >= 0.3 is 6.18 Å². The van der Waals surface area contributed by atoms with Gasteiger partial charge in [0.15, 0.2) is 0 Å². The Morgan fingerprint density at radius 2 is 1.60 bits per heavy atom. The fourth-order valence-corrected chi connectivity index (χ4v) is 4.26. The van der Waals surface area contributed by atoms with Gasteiger partial charge in [-0.25, -0.2) is 0 Å². The highest BCUT2D eigenvalue weighted by atomic mass is 35.5. The second kappa shape index (κ2) is 11.4. The smallest absolute Gasteiger partial charge is 0.352 e. The molecule has 3 aromatic carbocycles. The number of hydrogen-bond donors (Lipinski definition) is 3. The lowest BCUT2D eigenvalue weighted by molar-refractivity contribution is -0.137. The van der Waals surface area contributed by atoms with Crippen LogP contribution in [0, 0.1) is 5.92 Å². The number of nitrogens with zero attached hydrogens (tertiary/aromatic N) is 1. The molecule has 0 saturated carbocycles. The molecule has 0 unspecified atom stereocenters. The van der Waals surface area contributed by atoms with Crippen LogP contribution in [0.5, 0.6) is 0 Å². The van der Waals surface area contributed by atoms with Crippen LogP contribution in [-0.2, 0) is 24.6 Å². The average Bonchev–Trinajstić information content (AvgIpc) is 3.23. The van der Waals surface area contributed by atoms with Crippen LogP contribution in [0.15, 0.2) is 66.7 Å². The van der Waals surface area contributed by atoms with Crippen LogP contribution in [0.3, 0.4) is 0 Å². The lowest BCUT2D eigenvalue weighted by atomic mass is 10.1. The molecular formula is C29H26ClF3N4O3. The fraction of sp³-hybridized carbons (Fsp3) is 0.207. The summed E-state index contributed by atoms with van der Waals surface area (Å²) in [4.78, 5) is 37.8. The van der Waals surface area contributed by atoms with Crippen molar-refractivity contribution in [3.05, 3.63) is 94.1 Å². The van der Waals surface area contributed by atoms with E-state index in [9.17, 15) is 27.6 Å². The number of fused-ring (bicyclic) bond motifs is 1. The molecule has 1 aromatic heterocycles. The second-order valence-corrected chi connectivity index (χ2v) is 9.94. The van der Waals surface area contributed by atoms with E-state index in [2.05, 4.69) is 16.0 Å². The summed E-state index contributed by atoms with van der Waals surface area (Å²) in [7, 11) is 1.66. The molecule has 0 bridgehead atoms. The molecule has 0 atom stereocenters. The van der Waals surface area contributed by atoms with Gasteiger partial charge in [0.05, 0.1) is 16.1 Å². The third kappa shape index (κ3) is 6.45. The molecule has 11 heteroatoms. The number of anilines is 2. The van der Waals surface area contributed by atoms with E-state index in [-0.39, 0.29) is 40.3 Å². The molecule has 3 N–H and O–H groups in total. The van der Waals surface area contributed by atoms with Crippen molar-refractivity contribution in [2.75, 3.05) is 10.6 Å². The highest BCUT2D eigenvalue weighted by molar-refractivity contribution is 6.34. The molecule has 0 fully saturated rings. The van der Waals surface area contributed by atoms with E-state index in [4.69, 9.17) is 11.6 Å². The van der Waals surface area contributed by atoms with Crippen molar-refractivity contribution in [1.82, 2.24) is 9.88 Å². The first-order valence-electron chi connectivity index (χ1n) is 12.3. The van der Waals surface area contributed by atoms with Crippen molar-refractivity contribution in [2.45, 2.75) is 26.6 Å². The number of alkyl halides is 3. The van der Waals surface area contributed by atoms with E-state index >= 15 is 0 Å². The summed E-state index contributed by atoms with van der Waals surface area (Å²) in [6, 6.07) is 15.9. The van der Waals surface area contributed by atoms with E-state index in [1.807, 2.05) is 0 Å². The summed E-state index contributed by atoms with van der Waals surface area (Å²) < 4.78 is 40.7. The monoisotopic (exact) mass is 570 g/mol. The number of halogens is 4. The standard InChI is InChI=1S/C29H26ClF3N4O3/c1-16(2)26(38)34-15-17-7-9-23(30)22(11-17)27(39)35-21-8-10-24-18(12-21)13-25(37(24)3)28(40)36-20-6-4-5-19(14-20)29(31,32)33/h4-14,16H,15H2,1-3H3,(H,34,38)(H,35,39)(H,36,40). The molecule has 7 nitrogen and oxygen atoms in total. The van der Waals surface area contributed by atoms with Crippen molar-refractivity contribution < 1.29 is 27.6 Å². The summed E-state index contributed by atoms with van der Waals surface area (Å²) in [6.45, 7) is 3.81. The van der Waals surface area contributed by atoms with Crippen LogP contribution in [0.25, 0.3) is 10.9 Å². The molecule has 208 valence electrons. The minimum Gasteiger partial charge on any atom is -0.352 e. The molecule has 4 rings (SSSR count). The molecule has 3 amide bonds. The fourth-order valence-electron chi connectivity index (χ4n) is 4.06. The van der Waals surface area contributed by atoms with E-state index in [1.165, 1.54) is 12.1 Å². The molecule has 0 aliphatic carbocycles. The molecule has 0 radical (unpaired) electrons. The Bertz CT molecular complexity index is 1610. The second-order valence-electron chi connectivity index (χ2n) is 9.54. The van der Waals surface area contributed by atoms with Gasteiger partial charge in [-0.05, 0) is 60.2 Å². The molecule has 0 aliphatic rings. The van der Waals surface area contributed by atoms with Crippen LogP contribution in [0.2, 0.25) is 5.02 Å². The maximum absolute atomic E-state index is 13.0. The Balaban J connectivity index is 1.51. The minimum absolute atomic E-state index is 0.0147. The summed E-state index contributed by atoms with van der Waals surface area (Å²) in [6.07, 6.45) is -4.53. The zero-order chi connectivity index (χ0) is 29.2. The van der Waals surface area contributed by atoms with Crippen LogP contribution in [0.1, 0.15) is 45.8 Å². The van der Waals surface area contributed by atoms with Gasteiger partial charge in [0, 0.05) is 41.8 Å². The number of carbonyl (C=O) groups excluding carboxylic acids is 3. The third-order valence-electron chi connectivity index (χ3n) is 6.25. The number of amides is 3. The van der Waals surface area contributed by atoms with Crippen molar-refractivity contribution in [3.63, 3.8) is 0 Å². The van der Waals surface area contributed by atoms with Crippen LogP contribution >= 0.6 is 11.6 Å². The van der Waals surface area contributed by atoms with Crippen molar-refractivity contribution in [2.24, 2.45) is 13.0 Å². The highest BCUT2D eigenvalue weighted by Gasteiger charge is 2.30. The molecule has 0 aliphatic heterocycles. The number of benzene rings is 3. The first-order valence-corrected chi connectivity index (χ1v) is 12.7. The van der Waals surface area contributed by atoms with Gasteiger partial charge in [-0.1, -0.05) is 37.6 Å². The van der Waals surface area contributed by atoms with Gasteiger partial charge in [-0.15, -0.1) is 0 Å². The van der Waals surface area contributed by atoms with Gasteiger partial charge in [0.1, 0.15) is 5.69 Å². The van der Waals surface area contributed by atoms with E-state index in [0.717, 1.165) is 12.1 Å². The molecular weight excluding hydrogens is 545 g/mol. The molecule has 40 heavy (non-hydrogen) atoms. The number of rotatable bonds is 7. The molecule has 4 aromatic rings. The van der Waals surface area contributed by atoms with Crippen molar-refractivity contribution in [3.8, 4) is 0 Å². The number of aromatic nitrogens is 1. The summed E-state index contributed by atoms with van der Waals surface area (Å²) in [5.74, 6) is -1.33. The number of aryl methyl sites for hydroxylation is 1. The quantitative estimate of drug-likeness (QED) is 0.233. The largest absolute Gasteiger partial charge is 0.416 e. The van der Waals surface area contributed by atoms with Gasteiger partial charge in [0.2, 0.25) is 5.91 Å². The van der Waals surface area contributed by atoms with Crippen molar-refractivity contribution in [1.29, 1.82) is 0 Å². The van der Waals surface area contributed by atoms with E-state index in [0.29, 0.717) is 22.2 Å². The Kier molecular flexibility index (Phi) is 8.20. The van der Waals surface area contributed by atoms with Gasteiger partial charge in [0.25, 0.3) is 11.8 Å². The normalized spacial score (nSPS) is 11.5. The number of carbonyl (C=O) groups is 3.